The molecule has 24 heavy (non-hydrogen) atoms. The Kier molecular flexibility index (Phi) is 5.23. The lowest BCUT2D eigenvalue weighted by molar-refractivity contribution is -0.132. The molecule has 0 aliphatic rings. The molecule has 2 rings (SSSR count). The van der Waals surface area contributed by atoms with Gasteiger partial charge in [-0.1, -0.05) is 11.3 Å². The zero-order chi connectivity index (χ0) is 18.2. The topological polar surface area (TPSA) is 113 Å². The minimum absolute atomic E-state index is 0.122. The number of esters is 1. The standard InChI is InChI=1S/C15H17N3O6/c1-3-18-12(7-16-17-18)9-22-14-6-11(8-23-15(20)21)4-5-13(14)24-10(2)19/h4-7H,3,8-9H2,1-2H3,(H,20,21)/i/hD. The van der Waals surface area contributed by atoms with Crippen LogP contribution in [0.15, 0.2) is 24.4 Å². The summed E-state index contributed by atoms with van der Waals surface area (Å²) in [6.07, 6.45) is 0.455. The van der Waals surface area contributed by atoms with E-state index in [0.717, 1.165) is 5.69 Å². The van der Waals surface area contributed by atoms with Gasteiger partial charge in [0.05, 0.1) is 11.9 Å². The van der Waals surface area contributed by atoms with E-state index in [1.807, 2.05) is 6.92 Å². The first-order valence-electron chi connectivity index (χ1n) is 7.55. The first-order valence-corrected chi connectivity index (χ1v) is 7.15. The Labute approximate surface area is 139 Å². The summed E-state index contributed by atoms with van der Waals surface area (Å²) in [5.74, 6) is 0.0288. The Morgan fingerprint density at radius 1 is 1.33 bits per heavy atom. The quantitative estimate of drug-likeness (QED) is 0.603. The molecule has 0 radical (unpaired) electrons. The molecule has 0 unspecified atom stereocenters. The number of aryl methyl sites for hydroxylation is 1. The van der Waals surface area contributed by atoms with Crippen LogP contribution in [0.1, 0.15) is 25.1 Å². The third kappa shape index (κ3) is 4.70. The van der Waals surface area contributed by atoms with Gasteiger partial charge < -0.3 is 19.3 Å². The fourth-order valence-corrected chi connectivity index (χ4v) is 1.95. The smallest absolute Gasteiger partial charge is 0.483 e. The molecule has 9 nitrogen and oxygen atoms in total. The van der Waals surface area contributed by atoms with E-state index in [1.54, 1.807) is 23.0 Å². The summed E-state index contributed by atoms with van der Waals surface area (Å²) in [6.45, 7) is 3.88. The van der Waals surface area contributed by atoms with E-state index >= 15 is 0 Å². The van der Waals surface area contributed by atoms with Crippen LogP contribution in [0.4, 0.5) is 4.79 Å². The molecule has 0 amide bonds. The number of ether oxygens (including phenoxy) is 3. The minimum atomic E-state index is -1.12. The number of carboxylic acid groups (broad SMARTS) is 1. The zero-order valence-electron chi connectivity index (χ0n) is 14.2. The molecule has 0 saturated carbocycles. The molecule has 1 aromatic heterocycles. The molecule has 0 aliphatic carbocycles. The van der Waals surface area contributed by atoms with Gasteiger partial charge in [-0.05, 0) is 24.6 Å². The van der Waals surface area contributed by atoms with Crippen LogP contribution in [0, 0.1) is 0 Å². The Morgan fingerprint density at radius 3 is 2.88 bits per heavy atom. The highest BCUT2D eigenvalue weighted by molar-refractivity contribution is 5.70. The van der Waals surface area contributed by atoms with Gasteiger partial charge in [0.25, 0.3) is 0 Å². The lowest BCUT2D eigenvalue weighted by Crippen LogP contribution is -2.08. The summed E-state index contributed by atoms with van der Waals surface area (Å²) in [6, 6.07) is 4.69. The van der Waals surface area contributed by atoms with Gasteiger partial charge in [0.1, 0.15) is 13.2 Å². The van der Waals surface area contributed by atoms with Crippen LogP contribution in [0.25, 0.3) is 1.43 Å². The molecule has 0 atom stereocenters. The number of nitrogens with zero attached hydrogens (tertiary/aromatic N) is 3. The number of carbonyl (C=O) groups excluding carboxylic acids is 1. The van der Waals surface area contributed by atoms with Crippen molar-refractivity contribution in [1.29, 1.82) is 1.43 Å². The number of carbonyl (C=O) groups is 2. The van der Waals surface area contributed by atoms with E-state index in [4.69, 9.17) is 15.6 Å². The normalized spacial score (nSPS) is 10.7. The van der Waals surface area contributed by atoms with Crippen molar-refractivity contribution in [3.8, 4) is 11.5 Å². The maximum atomic E-state index is 11.2. The van der Waals surface area contributed by atoms with Gasteiger partial charge in [0.15, 0.2) is 11.5 Å². The molecule has 128 valence electrons. The van der Waals surface area contributed by atoms with Crippen molar-refractivity contribution in [3.05, 3.63) is 35.7 Å². The predicted molar refractivity (Wildman–Crippen MR) is 80.6 cm³/mol. The van der Waals surface area contributed by atoms with Crippen LogP contribution in [-0.2, 0) is 29.3 Å². The van der Waals surface area contributed by atoms with Gasteiger partial charge in [-0.2, -0.15) is 0 Å². The number of benzene rings is 1. The van der Waals surface area contributed by atoms with Crippen molar-refractivity contribution >= 4 is 12.1 Å². The van der Waals surface area contributed by atoms with Gasteiger partial charge in [0.2, 0.25) is 0 Å². The second-order valence-electron chi connectivity index (χ2n) is 4.74. The second kappa shape index (κ2) is 7.95. The molecule has 0 aliphatic heterocycles. The lowest BCUT2D eigenvalue weighted by atomic mass is 10.2. The van der Waals surface area contributed by atoms with E-state index in [1.165, 1.54) is 13.0 Å². The summed E-state index contributed by atoms with van der Waals surface area (Å²) < 4.78 is 23.6. The number of hydrogen-bond donors (Lipinski definition) is 1. The number of hydrogen-bond acceptors (Lipinski definition) is 8. The van der Waals surface area contributed by atoms with E-state index < -0.39 is 12.1 Å². The molecule has 1 aromatic carbocycles. The van der Waals surface area contributed by atoms with Crippen LogP contribution in [0.3, 0.4) is 0 Å². The molecule has 1 N–H and O–H groups in total. The van der Waals surface area contributed by atoms with E-state index in [2.05, 4.69) is 15.4 Å². The van der Waals surface area contributed by atoms with Crippen molar-refractivity contribution in [3.63, 3.8) is 0 Å². The van der Waals surface area contributed by atoms with E-state index in [-0.39, 0.29) is 19.0 Å². The maximum absolute atomic E-state index is 11.2. The highest BCUT2D eigenvalue weighted by Crippen LogP contribution is 2.29. The Bertz CT molecular complexity index is 749. The molecular weight excluding hydrogens is 318 g/mol. The SMILES string of the molecule is [2H]OC(=O)OCc1ccc(OC(C)=O)c(OCc2cnnn2CC)c1. The Balaban J connectivity index is 2.15. The monoisotopic (exact) mass is 336 g/mol. The van der Waals surface area contributed by atoms with Crippen molar-refractivity contribution in [2.75, 3.05) is 0 Å². The average molecular weight is 336 g/mol. The maximum Gasteiger partial charge on any atom is 0.506 e. The molecule has 0 saturated heterocycles. The van der Waals surface area contributed by atoms with Crippen molar-refractivity contribution in [2.24, 2.45) is 0 Å². The third-order valence-electron chi connectivity index (χ3n) is 2.99. The minimum Gasteiger partial charge on any atom is -0.483 e. The first-order chi connectivity index (χ1) is 12.0. The summed E-state index contributed by atoms with van der Waals surface area (Å²) in [5.41, 5.74) is 1.31. The molecular formula is C15H17N3O6. The van der Waals surface area contributed by atoms with Crippen molar-refractivity contribution in [2.45, 2.75) is 33.6 Å². The van der Waals surface area contributed by atoms with Gasteiger partial charge >= 0.3 is 13.6 Å². The lowest BCUT2D eigenvalue weighted by Gasteiger charge is -2.13. The Morgan fingerprint density at radius 2 is 2.17 bits per heavy atom. The average Bonchev–Trinajstić information content (AvgIpc) is 3.06. The van der Waals surface area contributed by atoms with Gasteiger partial charge in [-0.3, -0.25) is 4.79 Å². The number of aromatic nitrogens is 3. The van der Waals surface area contributed by atoms with E-state index in [0.29, 0.717) is 17.9 Å². The third-order valence-corrected chi connectivity index (χ3v) is 2.99. The summed E-state index contributed by atoms with van der Waals surface area (Å²) in [7, 11) is 0. The fraction of sp³-hybridized carbons (Fsp3) is 0.333. The predicted octanol–water partition coefficient (Wildman–Crippen LogP) is 2.00. The zero-order valence-corrected chi connectivity index (χ0v) is 13.2. The van der Waals surface area contributed by atoms with Crippen LogP contribution in [-0.4, -0.2) is 32.2 Å². The Hall–Kier alpha value is -3.10. The van der Waals surface area contributed by atoms with Crippen LogP contribution >= 0.6 is 0 Å². The van der Waals surface area contributed by atoms with Crippen LogP contribution in [0.2, 0.25) is 0 Å². The van der Waals surface area contributed by atoms with Crippen LogP contribution < -0.4 is 9.47 Å². The highest BCUT2D eigenvalue weighted by Gasteiger charge is 2.12. The van der Waals surface area contributed by atoms with Gasteiger partial charge in [0, 0.05) is 13.5 Å². The fourth-order valence-electron chi connectivity index (χ4n) is 1.95. The summed E-state index contributed by atoms with van der Waals surface area (Å²) in [5, 5.41) is 11.4. The highest BCUT2D eigenvalue weighted by atomic mass is 16.7. The van der Waals surface area contributed by atoms with Crippen LogP contribution in [0.5, 0.6) is 11.5 Å². The second-order valence-corrected chi connectivity index (χ2v) is 4.74. The van der Waals surface area contributed by atoms with Crippen molar-refractivity contribution < 1.29 is 28.9 Å². The van der Waals surface area contributed by atoms with E-state index in [9.17, 15) is 9.59 Å². The molecule has 0 fully saturated rings. The molecule has 1 heterocycles. The van der Waals surface area contributed by atoms with Gasteiger partial charge in [-0.25, -0.2) is 9.48 Å². The molecule has 9 heteroatoms. The molecule has 2 aromatic rings. The van der Waals surface area contributed by atoms with Crippen molar-refractivity contribution in [1.82, 2.24) is 15.0 Å². The summed E-state index contributed by atoms with van der Waals surface area (Å²) in [4.78, 5) is 22.1. The largest absolute Gasteiger partial charge is 0.506 e. The van der Waals surface area contributed by atoms with Gasteiger partial charge in [-0.15, -0.1) is 5.10 Å². The molecule has 0 spiro atoms. The summed E-state index contributed by atoms with van der Waals surface area (Å²) >= 11 is 0. The molecule has 0 bridgehead atoms. The first kappa shape index (κ1) is 15.8. The number of rotatable bonds is 7.